The van der Waals surface area contributed by atoms with Gasteiger partial charge in [0.15, 0.2) is 0 Å². The molecule has 1 saturated carbocycles. The van der Waals surface area contributed by atoms with E-state index >= 15 is 0 Å². The van der Waals surface area contributed by atoms with Crippen LogP contribution < -0.4 is 5.32 Å². The Morgan fingerprint density at radius 3 is 2.70 bits per heavy atom. The lowest BCUT2D eigenvalue weighted by molar-refractivity contribution is 0.0652. The van der Waals surface area contributed by atoms with Gasteiger partial charge in [-0.15, -0.1) is 0 Å². The molecule has 4 nitrogen and oxygen atoms in total. The lowest BCUT2D eigenvalue weighted by atomic mass is 9.91. The topological polar surface area (TPSA) is 45.2 Å². The van der Waals surface area contributed by atoms with E-state index in [0.717, 1.165) is 49.3 Å². The van der Waals surface area contributed by atoms with Crippen LogP contribution in [-0.2, 0) is 6.42 Å². The number of aromatic nitrogens is 1. The van der Waals surface area contributed by atoms with Crippen molar-refractivity contribution in [2.75, 3.05) is 18.9 Å². The van der Waals surface area contributed by atoms with Crippen LogP contribution >= 0.6 is 0 Å². The lowest BCUT2D eigenvalue weighted by Gasteiger charge is -2.34. The average Bonchev–Trinajstić information content (AvgIpc) is 2.41. The monoisotopic (exact) mass is 275 g/mol. The highest BCUT2D eigenvalue weighted by molar-refractivity contribution is 5.95. The van der Waals surface area contributed by atoms with E-state index in [1.807, 2.05) is 24.1 Å². The second-order valence-corrected chi connectivity index (χ2v) is 5.51. The Balaban J connectivity index is 2.17. The van der Waals surface area contributed by atoms with Gasteiger partial charge in [0.1, 0.15) is 5.82 Å². The number of pyridine rings is 1. The number of nitrogens with zero attached hydrogens (tertiary/aromatic N) is 2. The number of hydrogen-bond acceptors (Lipinski definition) is 3. The van der Waals surface area contributed by atoms with Crippen molar-refractivity contribution in [3.05, 3.63) is 23.4 Å². The number of carbonyl (C=O) groups is 1. The summed E-state index contributed by atoms with van der Waals surface area (Å²) < 4.78 is 0. The number of hydrogen-bond donors (Lipinski definition) is 1. The molecule has 0 radical (unpaired) electrons. The molecular weight excluding hydrogens is 250 g/mol. The van der Waals surface area contributed by atoms with Gasteiger partial charge in [0, 0.05) is 30.9 Å². The highest BCUT2D eigenvalue weighted by Gasteiger charge is 2.26. The summed E-state index contributed by atoms with van der Waals surface area (Å²) in [7, 11) is 1.91. The van der Waals surface area contributed by atoms with Crippen LogP contribution in [0.1, 0.15) is 55.6 Å². The molecule has 1 N–H and O–H groups in total. The summed E-state index contributed by atoms with van der Waals surface area (Å²) in [5.41, 5.74) is 1.72. The number of carbonyl (C=O) groups excluding carboxylic acids is 1. The lowest BCUT2D eigenvalue weighted by Crippen LogP contribution is -2.41. The molecule has 0 saturated heterocycles. The molecule has 1 aromatic rings. The zero-order chi connectivity index (χ0) is 14.5. The Bertz CT molecular complexity index is 469. The van der Waals surface area contributed by atoms with E-state index in [2.05, 4.69) is 24.1 Å². The van der Waals surface area contributed by atoms with Crippen LogP contribution in [0.25, 0.3) is 0 Å². The van der Waals surface area contributed by atoms with Crippen molar-refractivity contribution in [1.29, 1.82) is 0 Å². The van der Waals surface area contributed by atoms with E-state index in [0.29, 0.717) is 6.04 Å². The summed E-state index contributed by atoms with van der Waals surface area (Å²) in [6.07, 6.45) is 5.39. The Kier molecular flexibility index (Phi) is 4.99. The third kappa shape index (κ3) is 3.30. The van der Waals surface area contributed by atoms with Gasteiger partial charge < -0.3 is 10.2 Å². The normalized spacial score (nSPS) is 14.8. The highest BCUT2D eigenvalue weighted by atomic mass is 16.2. The summed E-state index contributed by atoms with van der Waals surface area (Å²) in [6, 6.07) is 4.23. The van der Waals surface area contributed by atoms with Gasteiger partial charge in [0.25, 0.3) is 5.91 Å². The largest absolute Gasteiger partial charge is 0.370 e. The zero-order valence-electron chi connectivity index (χ0n) is 12.8. The smallest absolute Gasteiger partial charge is 0.254 e. The number of aryl methyl sites for hydroxylation is 1. The molecule has 0 bridgehead atoms. The minimum atomic E-state index is 0.117. The predicted molar refractivity (Wildman–Crippen MR) is 82.1 cm³/mol. The van der Waals surface area contributed by atoms with Crippen LogP contribution in [0, 0.1) is 0 Å². The first-order valence-electron chi connectivity index (χ1n) is 7.67. The second-order valence-electron chi connectivity index (χ2n) is 5.51. The van der Waals surface area contributed by atoms with Crippen LogP contribution in [0.15, 0.2) is 12.1 Å². The molecule has 1 aliphatic carbocycles. The molecule has 0 atom stereocenters. The van der Waals surface area contributed by atoms with Crippen molar-refractivity contribution in [3.63, 3.8) is 0 Å². The van der Waals surface area contributed by atoms with E-state index in [9.17, 15) is 4.79 Å². The van der Waals surface area contributed by atoms with Crippen molar-refractivity contribution < 1.29 is 4.79 Å². The third-order valence-electron chi connectivity index (χ3n) is 3.99. The number of anilines is 1. The Morgan fingerprint density at radius 2 is 2.15 bits per heavy atom. The second kappa shape index (κ2) is 6.73. The first-order valence-corrected chi connectivity index (χ1v) is 7.67. The van der Waals surface area contributed by atoms with E-state index in [-0.39, 0.29) is 5.91 Å². The molecule has 0 aromatic carbocycles. The van der Waals surface area contributed by atoms with Gasteiger partial charge in [-0.3, -0.25) is 4.79 Å². The number of rotatable bonds is 6. The average molecular weight is 275 g/mol. The maximum atomic E-state index is 12.5. The summed E-state index contributed by atoms with van der Waals surface area (Å²) in [5.74, 6) is 0.933. The van der Waals surface area contributed by atoms with Crippen molar-refractivity contribution in [1.82, 2.24) is 9.88 Å². The predicted octanol–water partition coefficient (Wildman–Crippen LogP) is 3.09. The van der Waals surface area contributed by atoms with Gasteiger partial charge in [-0.05, 0) is 44.2 Å². The van der Waals surface area contributed by atoms with Gasteiger partial charge in [0.05, 0.1) is 0 Å². The first-order chi connectivity index (χ1) is 9.65. The molecule has 0 aliphatic heterocycles. The zero-order valence-corrected chi connectivity index (χ0v) is 12.8. The molecule has 1 aromatic heterocycles. The van der Waals surface area contributed by atoms with Crippen molar-refractivity contribution in [2.45, 2.75) is 52.0 Å². The molecule has 1 fully saturated rings. The van der Waals surface area contributed by atoms with Crippen LogP contribution in [0.5, 0.6) is 0 Å². The van der Waals surface area contributed by atoms with E-state index in [1.165, 1.54) is 6.42 Å². The minimum absolute atomic E-state index is 0.117. The maximum absolute atomic E-state index is 12.5. The fourth-order valence-corrected chi connectivity index (χ4v) is 2.38. The van der Waals surface area contributed by atoms with E-state index in [4.69, 9.17) is 0 Å². The SMILES string of the molecule is CCCNc1cc(C(=O)N(C)C2CCC2)cc(CC)n1. The third-order valence-corrected chi connectivity index (χ3v) is 3.99. The first kappa shape index (κ1) is 14.8. The van der Waals surface area contributed by atoms with Crippen LogP contribution in [0.3, 0.4) is 0 Å². The molecule has 0 unspecified atom stereocenters. The van der Waals surface area contributed by atoms with E-state index < -0.39 is 0 Å². The molecule has 1 aliphatic rings. The highest BCUT2D eigenvalue weighted by Crippen LogP contribution is 2.25. The minimum Gasteiger partial charge on any atom is -0.370 e. The molecule has 1 amide bonds. The quantitative estimate of drug-likeness (QED) is 0.867. The van der Waals surface area contributed by atoms with Gasteiger partial charge in [-0.25, -0.2) is 4.98 Å². The van der Waals surface area contributed by atoms with Gasteiger partial charge in [0.2, 0.25) is 0 Å². The van der Waals surface area contributed by atoms with Crippen molar-refractivity contribution >= 4 is 11.7 Å². The Morgan fingerprint density at radius 1 is 1.40 bits per heavy atom. The van der Waals surface area contributed by atoms with Crippen LogP contribution in [0.4, 0.5) is 5.82 Å². The molecule has 0 spiro atoms. The fraction of sp³-hybridized carbons (Fsp3) is 0.625. The molecular formula is C16H25N3O. The van der Waals surface area contributed by atoms with Gasteiger partial charge >= 0.3 is 0 Å². The Hall–Kier alpha value is -1.58. The van der Waals surface area contributed by atoms with E-state index in [1.54, 1.807) is 0 Å². The van der Waals surface area contributed by atoms with Crippen LogP contribution in [0.2, 0.25) is 0 Å². The maximum Gasteiger partial charge on any atom is 0.254 e. The number of amides is 1. The molecule has 20 heavy (non-hydrogen) atoms. The molecule has 110 valence electrons. The standard InChI is InChI=1S/C16H25N3O/c1-4-9-17-15-11-12(10-13(5-2)18-15)16(20)19(3)14-7-6-8-14/h10-11,14H,4-9H2,1-3H3,(H,17,18). The summed E-state index contributed by atoms with van der Waals surface area (Å²) >= 11 is 0. The molecule has 1 heterocycles. The summed E-state index contributed by atoms with van der Waals surface area (Å²) in [4.78, 5) is 19.0. The molecule has 4 heteroatoms. The molecule has 2 rings (SSSR count). The summed E-state index contributed by atoms with van der Waals surface area (Å²) in [5, 5.41) is 3.28. The van der Waals surface area contributed by atoms with Gasteiger partial charge in [-0.1, -0.05) is 13.8 Å². The van der Waals surface area contributed by atoms with Crippen molar-refractivity contribution in [2.24, 2.45) is 0 Å². The van der Waals surface area contributed by atoms with Crippen molar-refractivity contribution in [3.8, 4) is 0 Å². The van der Waals surface area contributed by atoms with Gasteiger partial charge in [-0.2, -0.15) is 0 Å². The van der Waals surface area contributed by atoms with Crippen LogP contribution in [-0.4, -0.2) is 35.4 Å². The fourth-order valence-electron chi connectivity index (χ4n) is 2.38. The number of nitrogens with one attached hydrogen (secondary N) is 1. The summed E-state index contributed by atoms with van der Waals surface area (Å²) in [6.45, 7) is 5.06. The Labute approximate surface area is 121 Å².